The molecule has 1 amide bonds. The SMILES string of the molecule is Cc1nc(-c2nc(C(=O)NCc3ccsc3)c3ccccn23)cn1Cc1ccc(F)cc1F. The molecule has 33 heavy (non-hydrogen) atoms. The van der Waals surface area contributed by atoms with Crippen LogP contribution in [-0.4, -0.2) is 24.8 Å². The van der Waals surface area contributed by atoms with E-state index in [0.717, 1.165) is 11.6 Å². The van der Waals surface area contributed by atoms with E-state index in [1.54, 1.807) is 29.0 Å². The predicted molar refractivity (Wildman–Crippen MR) is 122 cm³/mol. The van der Waals surface area contributed by atoms with Gasteiger partial charge in [-0.25, -0.2) is 18.7 Å². The summed E-state index contributed by atoms with van der Waals surface area (Å²) in [5.41, 5.74) is 2.89. The number of hydrogen-bond donors (Lipinski definition) is 1. The van der Waals surface area contributed by atoms with E-state index in [1.165, 1.54) is 12.1 Å². The molecule has 0 saturated heterocycles. The fraction of sp³-hybridized carbons (Fsp3) is 0.125. The van der Waals surface area contributed by atoms with Gasteiger partial charge >= 0.3 is 0 Å². The molecule has 0 saturated carbocycles. The van der Waals surface area contributed by atoms with Gasteiger partial charge in [0.25, 0.3) is 5.91 Å². The van der Waals surface area contributed by atoms with E-state index in [4.69, 9.17) is 0 Å². The second kappa shape index (κ2) is 8.59. The summed E-state index contributed by atoms with van der Waals surface area (Å²) >= 11 is 1.57. The molecule has 0 aliphatic rings. The standard InChI is InChI=1S/C24H19F2N5OS/c1-15-28-20(13-30(15)12-17-5-6-18(25)10-19(17)26)23-29-22(21-4-2-3-8-31(21)23)24(32)27-11-16-7-9-33-14-16/h2-10,13-14H,11-12H2,1H3,(H,27,32). The number of aryl methyl sites for hydroxylation is 1. The largest absolute Gasteiger partial charge is 0.347 e. The lowest BCUT2D eigenvalue weighted by Crippen LogP contribution is -2.23. The van der Waals surface area contributed by atoms with Crippen molar-refractivity contribution in [2.75, 3.05) is 0 Å². The highest BCUT2D eigenvalue weighted by Crippen LogP contribution is 2.23. The van der Waals surface area contributed by atoms with E-state index in [9.17, 15) is 13.6 Å². The Balaban J connectivity index is 1.47. The van der Waals surface area contributed by atoms with Crippen molar-refractivity contribution < 1.29 is 13.6 Å². The van der Waals surface area contributed by atoms with Crippen LogP contribution in [0.2, 0.25) is 0 Å². The molecule has 0 unspecified atom stereocenters. The molecule has 0 bridgehead atoms. The van der Waals surface area contributed by atoms with Crippen LogP contribution in [0.4, 0.5) is 8.78 Å². The third-order valence-electron chi connectivity index (χ3n) is 5.36. The van der Waals surface area contributed by atoms with Crippen LogP contribution >= 0.6 is 11.3 Å². The first-order valence-corrected chi connectivity index (χ1v) is 11.2. The molecule has 4 aromatic heterocycles. The van der Waals surface area contributed by atoms with Crippen molar-refractivity contribution in [3.05, 3.63) is 99.9 Å². The first-order valence-electron chi connectivity index (χ1n) is 10.2. The molecule has 0 radical (unpaired) electrons. The molecule has 0 aliphatic carbocycles. The Hall–Kier alpha value is -3.85. The number of hydrogen-bond acceptors (Lipinski definition) is 4. The number of carbonyl (C=O) groups excluding carboxylic acids is 1. The number of carbonyl (C=O) groups is 1. The van der Waals surface area contributed by atoms with Crippen molar-refractivity contribution >= 4 is 22.8 Å². The third-order valence-corrected chi connectivity index (χ3v) is 6.09. The van der Waals surface area contributed by atoms with Crippen LogP contribution in [0.25, 0.3) is 17.0 Å². The summed E-state index contributed by atoms with van der Waals surface area (Å²) in [6, 6.07) is 11.0. The van der Waals surface area contributed by atoms with Gasteiger partial charge in [0.15, 0.2) is 11.5 Å². The number of rotatable bonds is 6. The van der Waals surface area contributed by atoms with Gasteiger partial charge in [-0.1, -0.05) is 12.1 Å². The second-order valence-electron chi connectivity index (χ2n) is 7.59. The van der Waals surface area contributed by atoms with E-state index in [1.807, 2.05) is 45.6 Å². The van der Waals surface area contributed by atoms with Crippen LogP contribution in [0.1, 0.15) is 27.4 Å². The number of aromatic nitrogens is 4. The molecule has 4 heterocycles. The van der Waals surface area contributed by atoms with Crippen LogP contribution in [0.3, 0.4) is 0 Å². The number of thiophene rings is 1. The Morgan fingerprint density at radius 2 is 2.03 bits per heavy atom. The van der Waals surface area contributed by atoms with Crippen LogP contribution in [0.5, 0.6) is 0 Å². The lowest BCUT2D eigenvalue weighted by molar-refractivity contribution is 0.0948. The number of nitrogens with zero attached hydrogens (tertiary/aromatic N) is 4. The summed E-state index contributed by atoms with van der Waals surface area (Å²) in [4.78, 5) is 22.1. The zero-order valence-electron chi connectivity index (χ0n) is 17.6. The smallest absolute Gasteiger partial charge is 0.272 e. The van der Waals surface area contributed by atoms with Crippen molar-refractivity contribution in [3.63, 3.8) is 0 Å². The number of nitrogens with one attached hydrogen (secondary N) is 1. The van der Waals surface area contributed by atoms with Crippen LogP contribution in [0, 0.1) is 18.6 Å². The maximum atomic E-state index is 14.1. The summed E-state index contributed by atoms with van der Waals surface area (Å²) in [5.74, 6) is -0.355. The first-order chi connectivity index (χ1) is 16.0. The maximum absolute atomic E-state index is 14.1. The average molecular weight is 464 g/mol. The number of imidazole rings is 2. The molecule has 0 atom stereocenters. The van der Waals surface area contributed by atoms with Crippen molar-refractivity contribution in [1.29, 1.82) is 0 Å². The lowest BCUT2D eigenvalue weighted by atomic mass is 10.2. The minimum absolute atomic E-state index is 0.197. The van der Waals surface area contributed by atoms with Gasteiger partial charge in [0.2, 0.25) is 0 Å². The number of pyridine rings is 1. The number of benzene rings is 1. The molecule has 1 N–H and O–H groups in total. The van der Waals surface area contributed by atoms with Gasteiger partial charge in [-0.05, 0) is 47.5 Å². The summed E-state index contributed by atoms with van der Waals surface area (Å²) in [5, 5.41) is 6.86. The average Bonchev–Trinajstić information content (AvgIpc) is 3.53. The molecule has 9 heteroatoms. The van der Waals surface area contributed by atoms with Gasteiger partial charge in [0.05, 0.1) is 12.1 Å². The van der Waals surface area contributed by atoms with E-state index in [2.05, 4.69) is 15.3 Å². The van der Waals surface area contributed by atoms with Gasteiger partial charge in [0, 0.05) is 30.6 Å². The van der Waals surface area contributed by atoms with Gasteiger partial charge in [-0.2, -0.15) is 11.3 Å². The zero-order valence-corrected chi connectivity index (χ0v) is 18.4. The highest BCUT2D eigenvalue weighted by Gasteiger charge is 2.20. The van der Waals surface area contributed by atoms with Crippen molar-refractivity contribution in [1.82, 2.24) is 24.3 Å². The summed E-state index contributed by atoms with van der Waals surface area (Å²) in [6.45, 7) is 2.41. The van der Waals surface area contributed by atoms with Crippen LogP contribution < -0.4 is 5.32 Å². The van der Waals surface area contributed by atoms with Crippen molar-refractivity contribution in [2.24, 2.45) is 0 Å². The number of amides is 1. The fourth-order valence-electron chi connectivity index (χ4n) is 3.65. The first kappa shape index (κ1) is 21.0. The van der Waals surface area contributed by atoms with Crippen LogP contribution in [0.15, 0.2) is 65.6 Å². The Morgan fingerprint density at radius 3 is 2.82 bits per heavy atom. The van der Waals surface area contributed by atoms with E-state index in [-0.39, 0.29) is 12.5 Å². The van der Waals surface area contributed by atoms with E-state index >= 15 is 0 Å². The molecule has 5 rings (SSSR count). The van der Waals surface area contributed by atoms with Gasteiger partial charge in [-0.15, -0.1) is 0 Å². The maximum Gasteiger partial charge on any atom is 0.272 e. The third kappa shape index (κ3) is 4.14. The molecule has 1 aromatic carbocycles. The van der Waals surface area contributed by atoms with Gasteiger partial charge in [0.1, 0.15) is 23.2 Å². The van der Waals surface area contributed by atoms with Crippen molar-refractivity contribution in [2.45, 2.75) is 20.0 Å². The summed E-state index contributed by atoms with van der Waals surface area (Å²) in [7, 11) is 0. The number of fused-ring (bicyclic) bond motifs is 1. The predicted octanol–water partition coefficient (Wildman–Crippen LogP) is 4.82. The molecular weight excluding hydrogens is 444 g/mol. The molecule has 0 aliphatic heterocycles. The Labute approximate surface area is 192 Å². The van der Waals surface area contributed by atoms with Gasteiger partial charge < -0.3 is 9.88 Å². The lowest BCUT2D eigenvalue weighted by Gasteiger charge is -2.06. The summed E-state index contributed by atoms with van der Waals surface area (Å²) < 4.78 is 31.0. The normalized spacial score (nSPS) is 11.2. The molecule has 0 fully saturated rings. The van der Waals surface area contributed by atoms with E-state index < -0.39 is 11.6 Å². The number of halogens is 2. The van der Waals surface area contributed by atoms with E-state index in [0.29, 0.717) is 40.7 Å². The molecule has 166 valence electrons. The summed E-state index contributed by atoms with van der Waals surface area (Å²) in [6.07, 6.45) is 3.58. The van der Waals surface area contributed by atoms with Crippen molar-refractivity contribution in [3.8, 4) is 11.5 Å². The monoisotopic (exact) mass is 463 g/mol. The molecule has 0 spiro atoms. The highest BCUT2D eigenvalue weighted by molar-refractivity contribution is 7.07. The molecular formula is C24H19F2N5OS. The Bertz CT molecular complexity index is 1460. The quantitative estimate of drug-likeness (QED) is 0.393. The van der Waals surface area contributed by atoms with Crippen LogP contribution in [-0.2, 0) is 13.1 Å². The molecule has 5 aromatic rings. The van der Waals surface area contributed by atoms with Gasteiger partial charge in [-0.3, -0.25) is 9.20 Å². The Morgan fingerprint density at radius 1 is 1.15 bits per heavy atom. The zero-order chi connectivity index (χ0) is 22.9. The molecule has 6 nitrogen and oxygen atoms in total. The fourth-order valence-corrected chi connectivity index (χ4v) is 4.32. The second-order valence-corrected chi connectivity index (χ2v) is 8.37. The minimum Gasteiger partial charge on any atom is -0.347 e. The Kier molecular flexibility index (Phi) is 5.47. The highest BCUT2D eigenvalue weighted by atomic mass is 32.1. The minimum atomic E-state index is -0.618. The topological polar surface area (TPSA) is 64.2 Å².